The minimum atomic E-state index is 0.452. The molecule has 3 nitrogen and oxygen atoms in total. The quantitative estimate of drug-likeness (QED) is 0.862. The molecule has 0 spiro atoms. The standard InChI is InChI=1S/C13H17BrN2OS/c1-17-8-9-4-5-16(7-9)12-6-10(14)2-3-11(12)13(15)18/h2-3,6,9H,4-5,7-8H2,1H3,(H2,15,18). The molecule has 2 rings (SSSR count). The zero-order valence-electron chi connectivity index (χ0n) is 10.4. The smallest absolute Gasteiger partial charge is 0.106 e. The fourth-order valence-corrected chi connectivity index (χ4v) is 2.92. The monoisotopic (exact) mass is 328 g/mol. The van der Waals surface area contributed by atoms with Gasteiger partial charge in [-0.1, -0.05) is 28.1 Å². The minimum absolute atomic E-state index is 0.452. The number of nitrogens with two attached hydrogens (primary N) is 1. The summed E-state index contributed by atoms with van der Waals surface area (Å²) >= 11 is 8.62. The van der Waals surface area contributed by atoms with Gasteiger partial charge in [0.05, 0.1) is 6.61 Å². The Labute approximate surface area is 121 Å². The lowest BCUT2D eigenvalue weighted by atomic mass is 10.1. The second-order valence-electron chi connectivity index (χ2n) is 4.58. The average Bonchev–Trinajstić information content (AvgIpc) is 2.77. The summed E-state index contributed by atoms with van der Waals surface area (Å²) in [6, 6.07) is 6.04. The Morgan fingerprint density at radius 3 is 3.06 bits per heavy atom. The van der Waals surface area contributed by atoms with Crippen LogP contribution in [0.4, 0.5) is 5.69 Å². The number of halogens is 1. The maximum atomic E-state index is 5.79. The topological polar surface area (TPSA) is 38.5 Å². The van der Waals surface area contributed by atoms with Crippen LogP contribution < -0.4 is 10.6 Å². The Bertz CT molecular complexity index is 453. The lowest BCUT2D eigenvalue weighted by Gasteiger charge is -2.22. The van der Waals surface area contributed by atoms with Crippen molar-refractivity contribution in [3.63, 3.8) is 0 Å². The number of nitrogens with zero attached hydrogens (tertiary/aromatic N) is 1. The van der Waals surface area contributed by atoms with Crippen molar-refractivity contribution in [1.29, 1.82) is 0 Å². The van der Waals surface area contributed by atoms with Gasteiger partial charge < -0.3 is 15.4 Å². The molecule has 1 heterocycles. The first-order chi connectivity index (χ1) is 8.61. The lowest BCUT2D eigenvalue weighted by molar-refractivity contribution is 0.161. The van der Waals surface area contributed by atoms with Crippen molar-refractivity contribution < 1.29 is 4.74 Å². The Morgan fingerprint density at radius 1 is 1.61 bits per heavy atom. The molecule has 0 bridgehead atoms. The first-order valence-electron chi connectivity index (χ1n) is 5.95. The SMILES string of the molecule is COCC1CCN(c2cc(Br)ccc2C(N)=S)C1. The molecule has 5 heteroatoms. The van der Waals surface area contributed by atoms with Crippen molar-refractivity contribution >= 4 is 38.8 Å². The van der Waals surface area contributed by atoms with Gasteiger partial charge in [0.25, 0.3) is 0 Å². The molecule has 1 aromatic rings. The van der Waals surface area contributed by atoms with Crippen molar-refractivity contribution in [1.82, 2.24) is 0 Å². The molecule has 1 fully saturated rings. The predicted molar refractivity (Wildman–Crippen MR) is 82.2 cm³/mol. The Morgan fingerprint density at radius 2 is 2.39 bits per heavy atom. The molecule has 0 aliphatic carbocycles. The predicted octanol–water partition coefficient (Wildman–Crippen LogP) is 2.56. The van der Waals surface area contributed by atoms with Crippen LogP contribution in [0.5, 0.6) is 0 Å². The molecular weight excluding hydrogens is 312 g/mol. The third-order valence-electron chi connectivity index (χ3n) is 3.25. The lowest BCUT2D eigenvalue weighted by Crippen LogP contribution is -2.24. The fourth-order valence-electron chi connectivity index (χ4n) is 2.40. The molecule has 1 aliphatic rings. The number of anilines is 1. The van der Waals surface area contributed by atoms with E-state index in [0.717, 1.165) is 41.8 Å². The van der Waals surface area contributed by atoms with E-state index < -0.39 is 0 Å². The third kappa shape index (κ3) is 3.02. The van der Waals surface area contributed by atoms with Gasteiger partial charge in [-0.25, -0.2) is 0 Å². The van der Waals surface area contributed by atoms with E-state index in [-0.39, 0.29) is 0 Å². The Kier molecular flexibility index (Phi) is 4.59. The summed E-state index contributed by atoms with van der Waals surface area (Å²) < 4.78 is 6.27. The molecule has 1 atom stereocenters. The molecule has 1 unspecified atom stereocenters. The van der Waals surface area contributed by atoms with E-state index >= 15 is 0 Å². The van der Waals surface area contributed by atoms with E-state index in [9.17, 15) is 0 Å². The summed E-state index contributed by atoms with van der Waals surface area (Å²) in [5, 5.41) is 0. The van der Waals surface area contributed by atoms with Gasteiger partial charge in [0.2, 0.25) is 0 Å². The normalized spacial score (nSPS) is 19.2. The van der Waals surface area contributed by atoms with Crippen molar-refractivity contribution in [2.75, 3.05) is 31.7 Å². The highest BCUT2D eigenvalue weighted by atomic mass is 79.9. The summed E-state index contributed by atoms with van der Waals surface area (Å²) in [5.41, 5.74) is 7.86. The van der Waals surface area contributed by atoms with Crippen molar-refractivity contribution in [2.24, 2.45) is 11.7 Å². The van der Waals surface area contributed by atoms with Gasteiger partial charge in [-0.15, -0.1) is 0 Å². The van der Waals surface area contributed by atoms with Crippen LogP contribution >= 0.6 is 28.1 Å². The summed E-state index contributed by atoms with van der Waals surface area (Å²) in [5.74, 6) is 0.591. The summed E-state index contributed by atoms with van der Waals surface area (Å²) in [6.07, 6.45) is 1.15. The highest BCUT2D eigenvalue weighted by Crippen LogP contribution is 2.30. The molecule has 18 heavy (non-hydrogen) atoms. The van der Waals surface area contributed by atoms with Crippen LogP contribution in [0.1, 0.15) is 12.0 Å². The summed E-state index contributed by atoms with van der Waals surface area (Å²) in [7, 11) is 1.75. The van der Waals surface area contributed by atoms with Crippen molar-refractivity contribution in [3.05, 3.63) is 28.2 Å². The molecule has 0 amide bonds. The Hall–Kier alpha value is -0.650. The van der Waals surface area contributed by atoms with Crippen LogP contribution in [0, 0.1) is 5.92 Å². The summed E-state index contributed by atoms with van der Waals surface area (Å²) in [4.78, 5) is 2.79. The molecule has 1 aromatic carbocycles. The van der Waals surface area contributed by atoms with Gasteiger partial charge in [-0.3, -0.25) is 0 Å². The average molecular weight is 329 g/mol. The van der Waals surface area contributed by atoms with Gasteiger partial charge in [0.1, 0.15) is 4.99 Å². The van der Waals surface area contributed by atoms with Gasteiger partial charge in [0, 0.05) is 41.8 Å². The van der Waals surface area contributed by atoms with Crippen LogP contribution in [-0.4, -0.2) is 31.8 Å². The Balaban J connectivity index is 2.23. The van der Waals surface area contributed by atoms with E-state index in [1.54, 1.807) is 7.11 Å². The van der Waals surface area contributed by atoms with Gasteiger partial charge in [-0.05, 0) is 24.6 Å². The van der Waals surface area contributed by atoms with Gasteiger partial charge in [-0.2, -0.15) is 0 Å². The highest BCUT2D eigenvalue weighted by molar-refractivity contribution is 9.10. The molecule has 0 aromatic heterocycles. The van der Waals surface area contributed by atoms with Crippen LogP contribution in [0.3, 0.4) is 0 Å². The summed E-state index contributed by atoms with van der Waals surface area (Å²) in [6.45, 7) is 2.84. The number of hydrogen-bond acceptors (Lipinski definition) is 3. The maximum Gasteiger partial charge on any atom is 0.106 e. The highest BCUT2D eigenvalue weighted by Gasteiger charge is 2.24. The van der Waals surface area contributed by atoms with E-state index in [0.29, 0.717) is 10.9 Å². The maximum absolute atomic E-state index is 5.79. The number of benzene rings is 1. The van der Waals surface area contributed by atoms with Crippen molar-refractivity contribution in [3.8, 4) is 0 Å². The molecule has 98 valence electrons. The fraction of sp³-hybridized carbons (Fsp3) is 0.462. The first-order valence-corrected chi connectivity index (χ1v) is 7.15. The zero-order chi connectivity index (χ0) is 13.1. The van der Waals surface area contributed by atoms with Crippen LogP contribution in [-0.2, 0) is 4.74 Å². The van der Waals surface area contributed by atoms with Crippen molar-refractivity contribution in [2.45, 2.75) is 6.42 Å². The molecule has 2 N–H and O–H groups in total. The molecule has 1 aliphatic heterocycles. The molecule has 0 saturated carbocycles. The molecule has 1 saturated heterocycles. The van der Waals surface area contributed by atoms with E-state index in [2.05, 4.69) is 26.9 Å². The minimum Gasteiger partial charge on any atom is -0.389 e. The largest absolute Gasteiger partial charge is 0.389 e. The van der Waals surface area contributed by atoms with Crippen LogP contribution in [0.2, 0.25) is 0 Å². The molecule has 0 radical (unpaired) electrons. The van der Waals surface area contributed by atoms with E-state index in [1.807, 2.05) is 12.1 Å². The number of methoxy groups -OCH3 is 1. The number of hydrogen-bond donors (Lipinski definition) is 1. The number of rotatable bonds is 4. The number of ether oxygens (including phenoxy) is 1. The first kappa shape index (κ1) is 13.8. The van der Waals surface area contributed by atoms with Gasteiger partial charge in [0.15, 0.2) is 0 Å². The van der Waals surface area contributed by atoms with Gasteiger partial charge >= 0.3 is 0 Å². The third-order valence-corrected chi connectivity index (χ3v) is 3.97. The molecular formula is C13H17BrN2OS. The second-order valence-corrected chi connectivity index (χ2v) is 5.94. The van der Waals surface area contributed by atoms with Crippen LogP contribution in [0.25, 0.3) is 0 Å². The zero-order valence-corrected chi connectivity index (χ0v) is 12.8. The van der Waals surface area contributed by atoms with E-state index in [1.165, 1.54) is 0 Å². The second kappa shape index (κ2) is 5.99. The van der Waals surface area contributed by atoms with E-state index in [4.69, 9.17) is 22.7 Å². The van der Waals surface area contributed by atoms with Crippen LogP contribution in [0.15, 0.2) is 22.7 Å². The number of thiocarbonyl (C=S) groups is 1.